The summed E-state index contributed by atoms with van der Waals surface area (Å²) in [5.74, 6) is 0.403. The number of hydrogen-bond donors (Lipinski definition) is 1. The molecule has 0 aromatic heterocycles. The number of nitriles is 1. The first-order valence-electron chi connectivity index (χ1n) is 5.79. The van der Waals surface area contributed by atoms with Gasteiger partial charge in [-0.2, -0.15) is 5.26 Å². The average molecular weight is 230 g/mol. The highest BCUT2D eigenvalue weighted by molar-refractivity contribution is 5.94. The summed E-state index contributed by atoms with van der Waals surface area (Å²) in [5, 5.41) is 12.2. The second kappa shape index (κ2) is 6.05. The van der Waals surface area contributed by atoms with Crippen molar-refractivity contribution < 1.29 is 4.79 Å². The molecule has 1 unspecified atom stereocenters. The summed E-state index contributed by atoms with van der Waals surface area (Å²) < 4.78 is 0. The Hall–Kier alpha value is -1.82. The molecule has 0 heterocycles. The van der Waals surface area contributed by atoms with E-state index in [1.54, 1.807) is 19.1 Å². The quantitative estimate of drug-likeness (QED) is 0.791. The predicted molar refractivity (Wildman–Crippen MR) is 68.9 cm³/mol. The molecular formula is C14H18N2O. The molecule has 1 N–H and O–H groups in total. The Bertz CT molecular complexity index is 415. The molecule has 0 saturated heterocycles. The minimum atomic E-state index is 0.00230. The van der Waals surface area contributed by atoms with Gasteiger partial charge in [-0.25, -0.2) is 0 Å². The van der Waals surface area contributed by atoms with Gasteiger partial charge in [0.2, 0.25) is 0 Å². The van der Waals surface area contributed by atoms with Crippen LogP contribution in [-0.4, -0.2) is 12.3 Å². The molecule has 0 aliphatic heterocycles. The molecule has 1 rings (SSSR count). The first-order chi connectivity index (χ1) is 8.04. The van der Waals surface area contributed by atoms with E-state index in [1.165, 1.54) is 0 Å². The molecule has 0 fully saturated rings. The van der Waals surface area contributed by atoms with Crippen LogP contribution in [0, 0.1) is 23.2 Å². The number of nitrogens with one attached hydrogen (secondary N) is 1. The van der Waals surface area contributed by atoms with Crippen LogP contribution in [0.25, 0.3) is 0 Å². The van der Waals surface area contributed by atoms with Gasteiger partial charge in [0.15, 0.2) is 5.78 Å². The standard InChI is InChI=1S/C14H18N2O/c1-10(2)13(8-15)9-16-14-6-4-12(5-7-14)11(3)17/h4-7,10,13,16H,9H2,1-3H3. The van der Waals surface area contributed by atoms with Gasteiger partial charge in [-0.15, -0.1) is 0 Å². The van der Waals surface area contributed by atoms with E-state index in [0.29, 0.717) is 18.0 Å². The van der Waals surface area contributed by atoms with Crippen LogP contribution in [0.4, 0.5) is 5.69 Å². The fourth-order valence-electron chi connectivity index (χ4n) is 1.48. The van der Waals surface area contributed by atoms with Gasteiger partial charge in [-0.3, -0.25) is 4.79 Å². The predicted octanol–water partition coefficient (Wildman–Crippen LogP) is 3.10. The maximum absolute atomic E-state index is 11.1. The van der Waals surface area contributed by atoms with Crippen LogP contribution in [0.1, 0.15) is 31.1 Å². The van der Waals surface area contributed by atoms with Crippen LogP contribution in [0.15, 0.2) is 24.3 Å². The zero-order valence-electron chi connectivity index (χ0n) is 10.5. The maximum atomic E-state index is 11.1. The van der Waals surface area contributed by atoms with E-state index in [-0.39, 0.29) is 11.7 Å². The molecule has 0 radical (unpaired) electrons. The zero-order valence-corrected chi connectivity index (χ0v) is 10.5. The van der Waals surface area contributed by atoms with Crippen molar-refractivity contribution in [3.8, 4) is 6.07 Å². The molecule has 0 aliphatic carbocycles. The Morgan fingerprint density at radius 3 is 2.35 bits per heavy atom. The van der Waals surface area contributed by atoms with E-state index in [9.17, 15) is 4.79 Å². The number of benzene rings is 1. The monoisotopic (exact) mass is 230 g/mol. The molecule has 1 aromatic rings. The summed E-state index contributed by atoms with van der Waals surface area (Å²) in [7, 11) is 0. The number of hydrogen-bond acceptors (Lipinski definition) is 3. The summed E-state index contributed by atoms with van der Waals surface area (Å²) in [6.07, 6.45) is 0. The molecule has 90 valence electrons. The van der Waals surface area contributed by atoms with Crippen molar-refractivity contribution in [3.05, 3.63) is 29.8 Å². The highest BCUT2D eigenvalue weighted by Gasteiger charge is 2.11. The topological polar surface area (TPSA) is 52.9 Å². The third-order valence-electron chi connectivity index (χ3n) is 2.79. The van der Waals surface area contributed by atoms with Crippen molar-refractivity contribution in [3.63, 3.8) is 0 Å². The summed E-state index contributed by atoms with van der Waals surface area (Å²) in [4.78, 5) is 11.1. The molecule has 0 amide bonds. The van der Waals surface area contributed by atoms with E-state index >= 15 is 0 Å². The smallest absolute Gasteiger partial charge is 0.159 e. The van der Waals surface area contributed by atoms with E-state index in [1.807, 2.05) is 26.0 Å². The minimum absolute atomic E-state index is 0.00230. The molecule has 0 aliphatic rings. The van der Waals surface area contributed by atoms with Crippen molar-refractivity contribution in [1.82, 2.24) is 0 Å². The molecule has 1 aromatic carbocycles. The fourth-order valence-corrected chi connectivity index (χ4v) is 1.48. The number of carbonyl (C=O) groups excluding carboxylic acids is 1. The molecule has 0 saturated carbocycles. The average Bonchev–Trinajstić information content (AvgIpc) is 2.30. The third-order valence-corrected chi connectivity index (χ3v) is 2.79. The van der Waals surface area contributed by atoms with Gasteiger partial charge in [-0.1, -0.05) is 13.8 Å². The van der Waals surface area contributed by atoms with Gasteiger partial charge >= 0.3 is 0 Å². The lowest BCUT2D eigenvalue weighted by atomic mass is 9.97. The lowest BCUT2D eigenvalue weighted by Gasteiger charge is -2.14. The normalized spacial score (nSPS) is 11.9. The Balaban J connectivity index is 2.58. The summed E-state index contributed by atoms with van der Waals surface area (Å²) in [6.45, 7) is 6.25. The third kappa shape index (κ3) is 3.92. The van der Waals surface area contributed by atoms with E-state index in [0.717, 1.165) is 5.69 Å². The van der Waals surface area contributed by atoms with Crippen molar-refractivity contribution >= 4 is 11.5 Å². The van der Waals surface area contributed by atoms with Gasteiger partial charge in [-0.05, 0) is 37.1 Å². The van der Waals surface area contributed by atoms with E-state index in [4.69, 9.17) is 5.26 Å². The lowest BCUT2D eigenvalue weighted by molar-refractivity contribution is 0.101. The first kappa shape index (κ1) is 13.2. The molecule has 0 spiro atoms. The van der Waals surface area contributed by atoms with Gasteiger partial charge < -0.3 is 5.32 Å². The van der Waals surface area contributed by atoms with Crippen molar-refractivity contribution in [2.45, 2.75) is 20.8 Å². The molecule has 1 atom stereocenters. The van der Waals surface area contributed by atoms with Gasteiger partial charge in [0.1, 0.15) is 0 Å². The minimum Gasteiger partial charge on any atom is -0.384 e. The Labute approximate surface area is 102 Å². The lowest BCUT2D eigenvalue weighted by Crippen LogP contribution is -2.17. The Morgan fingerprint density at radius 2 is 1.94 bits per heavy atom. The molecular weight excluding hydrogens is 212 g/mol. The molecule has 3 heteroatoms. The number of anilines is 1. The van der Waals surface area contributed by atoms with E-state index in [2.05, 4.69) is 11.4 Å². The van der Waals surface area contributed by atoms with Crippen molar-refractivity contribution in [2.75, 3.05) is 11.9 Å². The maximum Gasteiger partial charge on any atom is 0.159 e. The fraction of sp³-hybridized carbons (Fsp3) is 0.429. The molecule has 17 heavy (non-hydrogen) atoms. The highest BCUT2D eigenvalue weighted by Crippen LogP contribution is 2.13. The van der Waals surface area contributed by atoms with Crippen LogP contribution in [0.5, 0.6) is 0 Å². The molecule has 3 nitrogen and oxygen atoms in total. The van der Waals surface area contributed by atoms with Crippen LogP contribution in [0.3, 0.4) is 0 Å². The van der Waals surface area contributed by atoms with Crippen LogP contribution in [0.2, 0.25) is 0 Å². The van der Waals surface area contributed by atoms with Crippen LogP contribution < -0.4 is 5.32 Å². The Kier molecular flexibility index (Phi) is 4.71. The number of ketones is 1. The summed E-state index contributed by atoms with van der Waals surface area (Å²) >= 11 is 0. The second-order valence-corrected chi connectivity index (χ2v) is 4.49. The largest absolute Gasteiger partial charge is 0.384 e. The first-order valence-corrected chi connectivity index (χ1v) is 5.79. The number of rotatable bonds is 5. The number of Topliss-reactive ketones (excluding diaryl/α,β-unsaturated/α-hetero) is 1. The number of nitrogens with zero attached hydrogens (tertiary/aromatic N) is 1. The van der Waals surface area contributed by atoms with Crippen molar-refractivity contribution in [2.24, 2.45) is 11.8 Å². The van der Waals surface area contributed by atoms with Crippen LogP contribution >= 0.6 is 0 Å². The summed E-state index contributed by atoms with van der Waals surface area (Å²) in [5.41, 5.74) is 1.65. The van der Waals surface area contributed by atoms with Crippen molar-refractivity contribution in [1.29, 1.82) is 5.26 Å². The van der Waals surface area contributed by atoms with E-state index < -0.39 is 0 Å². The second-order valence-electron chi connectivity index (χ2n) is 4.49. The number of carbonyl (C=O) groups is 1. The van der Waals surface area contributed by atoms with Gasteiger partial charge in [0.25, 0.3) is 0 Å². The molecule has 0 bridgehead atoms. The summed E-state index contributed by atoms with van der Waals surface area (Å²) in [6, 6.07) is 9.60. The van der Waals surface area contributed by atoms with Crippen LogP contribution in [-0.2, 0) is 0 Å². The SMILES string of the molecule is CC(=O)c1ccc(NCC(C#N)C(C)C)cc1. The van der Waals surface area contributed by atoms with Gasteiger partial charge in [0, 0.05) is 17.8 Å². The Morgan fingerprint density at radius 1 is 1.35 bits per heavy atom. The highest BCUT2D eigenvalue weighted by atomic mass is 16.1. The zero-order chi connectivity index (χ0) is 12.8. The van der Waals surface area contributed by atoms with Gasteiger partial charge in [0.05, 0.1) is 12.0 Å².